The molecule has 1 spiro atoms. The zero-order chi connectivity index (χ0) is 19.2. The van der Waals surface area contributed by atoms with Crippen molar-refractivity contribution >= 4 is 45.0 Å². The number of nitrogens with zero attached hydrogens (tertiary/aromatic N) is 3. The SMILES string of the molecule is COC(=O)N1CCC2(C1)CN(C(=O)Cc1ncc(F)s1)c1ccc(Br)cc12. The molecule has 2 aliphatic heterocycles. The number of carbonyl (C=O) groups excluding carboxylic acids is 2. The molecule has 1 unspecified atom stereocenters. The van der Waals surface area contributed by atoms with Crippen LogP contribution in [0.15, 0.2) is 28.9 Å². The minimum absolute atomic E-state index is 0.0564. The van der Waals surface area contributed by atoms with Gasteiger partial charge >= 0.3 is 6.09 Å². The molecule has 0 N–H and O–H groups in total. The summed E-state index contributed by atoms with van der Waals surface area (Å²) in [5.41, 5.74) is 1.56. The van der Waals surface area contributed by atoms with Crippen molar-refractivity contribution in [1.82, 2.24) is 9.88 Å². The van der Waals surface area contributed by atoms with E-state index in [1.165, 1.54) is 7.11 Å². The van der Waals surface area contributed by atoms with Gasteiger partial charge in [-0.3, -0.25) is 4.79 Å². The zero-order valence-corrected chi connectivity index (χ0v) is 17.0. The molecule has 0 aliphatic carbocycles. The van der Waals surface area contributed by atoms with E-state index in [9.17, 15) is 14.0 Å². The van der Waals surface area contributed by atoms with Crippen LogP contribution in [0.3, 0.4) is 0 Å². The Bertz CT molecular complexity index is 921. The number of hydrogen-bond acceptors (Lipinski definition) is 5. The molecule has 142 valence electrons. The number of halogens is 2. The lowest BCUT2D eigenvalue weighted by atomic mass is 9.81. The molecule has 1 atom stereocenters. The Morgan fingerprint density at radius 2 is 2.22 bits per heavy atom. The van der Waals surface area contributed by atoms with Crippen molar-refractivity contribution in [3.63, 3.8) is 0 Å². The number of carbonyl (C=O) groups is 2. The Morgan fingerprint density at radius 1 is 1.41 bits per heavy atom. The molecule has 1 aromatic heterocycles. The maximum atomic E-state index is 13.2. The zero-order valence-electron chi connectivity index (χ0n) is 14.6. The summed E-state index contributed by atoms with van der Waals surface area (Å²) >= 11 is 4.40. The molecule has 0 bridgehead atoms. The van der Waals surface area contributed by atoms with Crippen LogP contribution in [0.4, 0.5) is 14.9 Å². The predicted molar refractivity (Wildman–Crippen MR) is 103 cm³/mol. The van der Waals surface area contributed by atoms with Gasteiger partial charge in [0.15, 0.2) is 5.13 Å². The van der Waals surface area contributed by atoms with Crippen LogP contribution < -0.4 is 4.90 Å². The third-order valence-corrected chi connectivity index (χ3v) is 6.48. The molecule has 1 aromatic carbocycles. The summed E-state index contributed by atoms with van der Waals surface area (Å²) in [6.45, 7) is 1.57. The van der Waals surface area contributed by atoms with Crippen molar-refractivity contribution in [3.8, 4) is 0 Å². The highest BCUT2D eigenvalue weighted by atomic mass is 79.9. The van der Waals surface area contributed by atoms with Crippen molar-refractivity contribution in [2.75, 3.05) is 31.6 Å². The fourth-order valence-electron chi connectivity index (χ4n) is 3.96. The van der Waals surface area contributed by atoms with Gasteiger partial charge in [0.1, 0.15) is 5.01 Å². The lowest BCUT2D eigenvalue weighted by Gasteiger charge is -2.25. The van der Waals surface area contributed by atoms with E-state index in [2.05, 4.69) is 20.9 Å². The minimum Gasteiger partial charge on any atom is -0.453 e. The van der Waals surface area contributed by atoms with Gasteiger partial charge in [0.25, 0.3) is 0 Å². The number of aromatic nitrogens is 1. The number of ether oxygens (including phenoxy) is 1. The summed E-state index contributed by atoms with van der Waals surface area (Å²) in [6.07, 6.45) is 1.59. The molecule has 2 aliphatic rings. The van der Waals surface area contributed by atoms with Gasteiger partial charge in [-0.1, -0.05) is 27.3 Å². The second kappa shape index (κ2) is 6.87. The average molecular weight is 454 g/mol. The van der Waals surface area contributed by atoms with Crippen LogP contribution in [0, 0.1) is 5.13 Å². The van der Waals surface area contributed by atoms with Crippen molar-refractivity contribution in [2.45, 2.75) is 18.3 Å². The maximum absolute atomic E-state index is 13.2. The van der Waals surface area contributed by atoms with Crippen LogP contribution in [-0.4, -0.2) is 48.6 Å². The van der Waals surface area contributed by atoms with Gasteiger partial charge < -0.3 is 14.5 Å². The Balaban J connectivity index is 1.64. The Kier molecular flexibility index (Phi) is 4.67. The van der Waals surface area contributed by atoms with Gasteiger partial charge in [0.2, 0.25) is 5.91 Å². The first kappa shape index (κ1) is 18.4. The fourth-order valence-corrected chi connectivity index (χ4v) is 4.96. The molecule has 1 fully saturated rings. The normalized spacial score (nSPS) is 21.0. The van der Waals surface area contributed by atoms with Crippen LogP contribution in [0.5, 0.6) is 0 Å². The summed E-state index contributed by atoms with van der Waals surface area (Å²) in [5.74, 6) is -0.124. The van der Waals surface area contributed by atoms with Gasteiger partial charge in [-0.25, -0.2) is 9.78 Å². The standard InChI is InChI=1S/C18H17BrFN3O3S/c1-26-17(25)22-5-4-18(9-22)10-23(13-3-2-11(19)6-12(13)18)16(24)7-15-21-8-14(20)27-15/h2-3,6,8H,4-5,7,9-10H2,1H3. The van der Waals surface area contributed by atoms with Crippen molar-refractivity contribution in [3.05, 3.63) is 44.6 Å². The van der Waals surface area contributed by atoms with Gasteiger partial charge in [-0.15, -0.1) is 0 Å². The molecule has 9 heteroatoms. The first-order valence-corrected chi connectivity index (χ1v) is 10.1. The van der Waals surface area contributed by atoms with E-state index in [1.807, 2.05) is 18.2 Å². The minimum atomic E-state index is -0.399. The monoisotopic (exact) mass is 453 g/mol. The smallest absolute Gasteiger partial charge is 0.409 e. The number of fused-ring (bicyclic) bond motifs is 2. The Hall–Kier alpha value is -2.00. The summed E-state index contributed by atoms with van der Waals surface area (Å²) < 4.78 is 19.0. The van der Waals surface area contributed by atoms with Crippen LogP contribution in [0.25, 0.3) is 0 Å². The quantitative estimate of drug-likeness (QED) is 0.699. The molecular formula is C18H17BrFN3O3S. The maximum Gasteiger partial charge on any atom is 0.409 e. The summed E-state index contributed by atoms with van der Waals surface area (Å²) in [5, 5.41) is 0.0595. The van der Waals surface area contributed by atoms with E-state index >= 15 is 0 Å². The first-order valence-electron chi connectivity index (χ1n) is 8.45. The number of rotatable bonds is 2. The lowest BCUT2D eigenvalue weighted by Crippen LogP contribution is -2.40. The highest BCUT2D eigenvalue weighted by Crippen LogP contribution is 2.47. The number of thiazole rings is 1. The molecule has 0 saturated carbocycles. The molecular weight excluding hydrogens is 437 g/mol. The number of likely N-dealkylation sites (tertiary alicyclic amines) is 1. The van der Waals surface area contributed by atoms with Crippen molar-refractivity contribution < 1.29 is 18.7 Å². The molecule has 27 heavy (non-hydrogen) atoms. The van der Waals surface area contributed by atoms with E-state index in [0.29, 0.717) is 24.6 Å². The van der Waals surface area contributed by atoms with E-state index in [0.717, 1.165) is 39.7 Å². The summed E-state index contributed by atoms with van der Waals surface area (Å²) in [7, 11) is 1.37. The second-order valence-corrected chi connectivity index (χ2v) is 8.78. The first-order chi connectivity index (χ1) is 12.9. The molecule has 2 amide bonds. The third-order valence-electron chi connectivity index (χ3n) is 5.20. The topological polar surface area (TPSA) is 62.7 Å². The lowest BCUT2D eigenvalue weighted by molar-refractivity contribution is -0.118. The van der Waals surface area contributed by atoms with Crippen LogP contribution >= 0.6 is 27.3 Å². The Labute approximate surface area is 168 Å². The Morgan fingerprint density at radius 3 is 2.93 bits per heavy atom. The highest BCUT2D eigenvalue weighted by molar-refractivity contribution is 9.10. The van der Waals surface area contributed by atoms with Crippen molar-refractivity contribution in [1.29, 1.82) is 0 Å². The fraction of sp³-hybridized carbons (Fsp3) is 0.389. The number of anilines is 1. The number of methoxy groups -OCH3 is 1. The van der Waals surface area contributed by atoms with Gasteiger partial charge in [0, 0.05) is 35.2 Å². The largest absolute Gasteiger partial charge is 0.453 e. The van der Waals surface area contributed by atoms with Crippen LogP contribution in [0.1, 0.15) is 17.0 Å². The average Bonchev–Trinajstić information content (AvgIpc) is 3.34. The molecule has 2 aromatic rings. The van der Waals surface area contributed by atoms with E-state index in [1.54, 1.807) is 9.80 Å². The predicted octanol–water partition coefficient (Wildman–Crippen LogP) is 3.34. The van der Waals surface area contributed by atoms with Crippen molar-refractivity contribution in [2.24, 2.45) is 0 Å². The summed E-state index contributed by atoms with van der Waals surface area (Å²) in [4.78, 5) is 32.3. The van der Waals surface area contributed by atoms with Gasteiger partial charge in [0.05, 0.1) is 19.7 Å². The van der Waals surface area contributed by atoms with Crippen LogP contribution in [-0.2, 0) is 21.4 Å². The van der Waals surface area contributed by atoms with E-state index < -0.39 is 5.13 Å². The van der Waals surface area contributed by atoms with Gasteiger partial charge in [-0.2, -0.15) is 4.39 Å². The molecule has 3 heterocycles. The molecule has 0 radical (unpaired) electrons. The molecule has 1 saturated heterocycles. The van der Waals surface area contributed by atoms with E-state index in [4.69, 9.17) is 4.74 Å². The number of benzene rings is 1. The van der Waals surface area contributed by atoms with Gasteiger partial charge in [-0.05, 0) is 30.2 Å². The summed E-state index contributed by atoms with van der Waals surface area (Å²) in [6, 6.07) is 5.83. The number of amides is 2. The third kappa shape index (κ3) is 3.23. The molecule has 4 rings (SSSR count). The molecule has 6 nitrogen and oxygen atoms in total. The van der Waals surface area contributed by atoms with E-state index in [-0.39, 0.29) is 23.8 Å². The highest BCUT2D eigenvalue weighted by Gasteiger charge is 2.50. The van der Waals surface area contributed by atoms with Crippen LogP contribution in [0.2, 0.25) is 0 Å². The number of hydrogen-bond donors (Lipinski definition) is 0. The second-order valence-electron chi connectivity index (χ2n) is 6.80.